The topological polar surface area (TPSA) is 30.8 Å². The van der Waals surface area contributed by atoms with Crippen molar-refractivity contribution < 1.29 is 9.47 Å². The second kappa shape index (κ2) is 9.74. The smallest absolute Gasteiger partial charge is 0.226 e. The number of aryl methyl sites for hydroxylation is 3. The quantitative estimate of drug-likeness (QED) is 0.257. The Morgan fingerprint density at radius 3 is 2.03 bits per heavy atom. The van der Waals surface area contributed by atoms with Gasteiger partial charge in [0.2, 0.25) is 5.90 Å². The van der Waals surface area contributed by atoms with Crippen molar-refractivity contribution in [2.75, 3.05) is 0 Å². The van der Waals surface area contributed by atoms with Crippen LogP contribution in [0.4, 0.5) is 5.69 Å². The molecule has 3 aromatic rings. The molecular weight excluding hydrogens is 358 g/mol. The van der Waals surface area contributed by atoms with Crippen LogP contribution in [0.1, 0.15) is 30.0 Å². The Morgan fingerprint density at radius 2 is 1.41 bits per heavy atom. The van der Waals surface area contributed by atoms with Crippen LogP contribution in [0.25, 0.3) is 0 Å². The van der Waals surface area contributed by atoms with Gasteiger partial charge in [0.25, 0.3) is 0 Å². The SMILES string of the molecule is CCC(=COc1cccc(C)c1)C(=Nc1ccc(C)cc1)Oc1cccc(C)c1. The molecule has 0 saturated heterocycles. The summed E-state index contributed by atoms with van der Waals surface area (Å²) >= 11 is 0. The first kappa shape index (κ1) is 20.4. The van der Waals surface area contributed by atoms with E-state index < -0.39 is 0 Å². The van der Waals surface area contributed by atoms with Crippen LogP contribution in [0.5, 0.6) is 11.5 Å². The van der Waals surface area contributed by atoms with Crippen LogP contribution in [0.15, 0.2) is 89.6 Å². The van der Waals surface area contributed by atoms with E-state index >= 15 is 0 Å². The van der Waals surface area contributed by atoms with Gasteiger partial charge in [-0.3, -0.25) is 0 Å². The van der Waals surface area contributed by atoms with Gasteiger partial charge in [-0.2, -0.15) is 0 Å². The Balaban J connectivity index is 1.94. The highest BCUT2D eigenvalue weighted by atomic mass is 16.5. The monoisotopic (exact) mass is 385 g/mol. The van der Waals surface area contributed by atoms with Gasteiger partial charge in [-0.25, -0.2) is 4.99 Å². The fourth-order valence-corrected chi connectivity index (χ4v) is 2.80. The van der Waals surface area contributed by atoms with Gasteiger partial charge in [0.05, 0.1) is 11.9 Å². The Kier molecular flexibility index (Phi) is 6.85. The van der Waals surface area contributed by atoms with Crippen LogP contribution in [0.2, 0.25) is 0 Å². The average Bonchev–Trinajstić information content (AvgIpc) is 2.70. The second-order valence-electron chi connectivity index (χ2n) is 7.10. The minimum Gasteiger partial charge on any atom is -0.465 e. The number of hydrogen-bond acceptors (Lipinski definition) is 3. The molecule has 0 fully saturated rings. The van der Waals surface area contributed by atoms with E-state index in [1.54, 1.807) is 6.26 Å². The van der Waals surface area contributed by atoms with Gasteiger partial charge < -0.3 is 9.47 Å². The van der Waals surface area contributed by atoms with Gasteiger partial charge in [-0.1, -0.05) is 48.9 Å². The van der Waals surface area contributed by atoms with Crippen LogP contribution in [0, 0.1) is 20.8 Å². The van der Waals surface area contributed by atoms with E-state index in [1.807, 2.05) is 86.6 Å². The maximum atomic E-state index is 6.20. The largest absolute Gasteiger partial charge is 0.465 e. The fourth-order valence-electron chi connectivity index (χ4n) is 2.80. The molecule has 0 N–H and O–H groups in total. The molecule has 3 rings (SSSR count). The third-order valence-electron chi connectivity index (χ3n) is 4.45. The maximum Gasteiger partial charge on any atom is 0.226 e. The highest BCUT2D eigenvalue weighted by Gasteiger charge is 2.11. The molecule has 0 spiro atoms. The number of nitrogens with zero attached hydrogens (tertiary/aromatic N) is 1. The molecule has 148 valence electrons. The van der Waals surface area contributed by atoms with E-state index in [4.69, 9.17) is 14.5 Å². The third-order valence-corrected chi connectivity index (χ3v) is 4.45. The molecule has 29 heavy (non-hydrogen) atoms. The van der Waals surface area contributed by atoms with E-state index in [0.29, 0.717) is 5.90 Å². The molecule has 0 aliphatic heterocycles. The lowest BCUT2D eigenvalue weighted by Gasteiger charge is -2.13. The molecule has 3 nitrogen and oxygen atoms in total. The number of ether oxygens (including phenoxy) is 2. The van der Waals surface area contributed by atoms with Crippen molar-refractivity contribution in [2.45, 2.75) is 34.1 Å². The molecule has 0 heterocycles. The predicted octanol–water partition coefficient (Wildman–Crippen LogP) is 7.09. The van der Waals surface area contributed by atoms with E-state index in [9.17, 15) is 0 Å². The van der Waals surface area contributed by atoms with Crippen LogP contribution in [-0.2, 0) is 0 Å². The number of hydrogen-bond donors (Lipinski definition) is 0. The number of benzene rings is 3. The summed E-state index contributed by atoms with van der Waals surface area (Å²) in [5.41, 5.74) is 5.20. The van der Waals surface area contributed by atoms with E-state index in [1.165, 1.54) is 5.56 Å². The first-order valence-corrected chi connectivity index (χ1v) is 9.86. The molecule has 0 bridgehead atoms. The molecule has 0 saturated carbocycles. The zero-order valence-electron chi connectivity index (χ0n) is 17.5. The normalized spacial score (nSPS) is 12.0. The predicted molar refractivity (Wildman–Crippen MR) is 120 cm³/mol. The van der Waals surface area contributed by atoms with Gasteiger partial charge >= 0.3 is 0 Å². The molecule has 3 heteroatoms. The molecular formula is C26H27NO2. The Morgan fingerprint density at radius 1 is 0.793 bits per heavy atom. The molecule has 0 aromatic heterocycles. The summed E-state index contributed by atoms with van der Waals surface area (Å²) in [6, 6.07) is 24.0. The maximum absolute atomic E-state index is 6.20. The summed E-state index contributed by atoms with van der Waals surface area (Å²) < 4.78 is 12.1. The summed E-state index contributed by atoms with van der Waals surface area (Å²) in [7, 11) is 0. The number of rotatable bonds is 6. The van der Waals surface area contributed by atoms with Crippen molar-refractivity contribution in [3.63, 3.8) is 0 Å². The molecule has 0 aliphatic carbocycles. The lowest BCUT2D eigenvalue weighted by molar-refractivity contribution is 0.471. The van der Waals surface area contributed by atoms with E-state index in [0.717, 1.165) is 40.3 Å². The fraction of sp³-hybridized carbons (Fsp3) is 0.192. The average molecular weight is 386 g/mol. The first-order chi connectivity index (χ1) is 14.0. The van der Waals surface area contributed by atoms with E-state index in [2.05, 4.69) is 13.8 Å². The molecule has 0 unspecified atom stereocenters. The third kappa shape index (κ3) is 6.08. The Bertz CT molecular complexity index is 1020. The molecule has 0 radical (unpaired) electrons. The van der Waals surface area contributed by atoms with Gasteiger partial charge in [0.1, 0.15) is 11.5 Å². The zero-order chi connectivity index (χ0) is 20.6. The first-order valence-electron chi connectivity index (χ1n) is 9.86. The van der Waals surface area contributed by atoms with Crippen molar-refractivity contribution in [1.29, 1.82) is 0 Å². The van der Waals surface area contributed by atoms with Crippen molar-refractivity contribution in [3.8, 4) is 11.5 Å². The van der Waals surface area contributed by atoms with Crippen molar-refractivity contribution in [3.05, 3.63) is 101 Å². The standard InChI is InChI=1S/C26H27NO2/c1-5-22(18-28-24-10-6-8-20(3)16-24)26(27-23-14-12-19(2)13-15-23)29-25-11-7-9-21(4)17-25/h6-18H,5H2,1-4H3. The summed E-state index contributed by atoms with van der Waals surface area (Å²) in [6.45, 7) is 8.21. The molecule has 3 aromatic carbocycles. The minimum absolute atomic E-state index is 0.537. The summed E-state index contributed by atoms with van der Waals surface area (Å²) in [5.74, 6) is 2.08. The summed E-state index contributed by atoms with van der Waals surface area (Å²) in [6.07, 6.45) is 2.46. The highest BCUT2D eigenvalue weighted by molar-refractivity contribution is 5.96. The second-order valence-corrected chi connectivity index (χ2v) is 7.10. The van der Waals surface area contributed by atoms with Crippen LogP contribution < -0.4 is 9.47 Å². The molecule has 0 atom stereocenters. The van der Waals surface area contributed by atoms with Gasteiger partial charge in [-0.05, 0) is 74.7 Å². The lowest BCUT2D eigenvalue weighted by Crippen LogP contribution is -2.12. The van der Waals surface area contributed by atoms with Crippen molar-refractivity contribution in [2.24, 2.45) is 4.99 Å². The van der Waals surface area contributed by atoms with Gasteiger partial charge in [0, 0.05) is 5.57 Å². The minimum atomic E-state index is 0.537. The van der Waals surface area contributed by atoms with Crippen LogP contribution in [0.3, 0.4) is 0 Å². The number of aliphatic imine (C=N–C) groups is 1. The Hall–Kier alpha value is -3.33. The molecule has 0 aliphatic rings. The molecule has 0 amide bonds. The highest BCUT2D eigenvalue weighted by Crippen LogP contribution is 2.21. The summed E-state index contributed by atoms with van der Waals surface area (Å²) in [4.78, 5) is 4.77. The lowest BCUT2D eigenvalue weighted by atomic mass is 10.2. The Labute approximate surface area is 173 Å². The van der Waals surface area contributed by atoms with Crippen molar-refractivity contribution >= 4 is 11.6 Å². The zero-order valence-corrected chi connectivity index (χ0v) is 17.5. The summed E-state index contributed by atoms with van der Waals surface area (Å²) in [5, 5.41) is 0. The van der Waals surface area contributed by atoms with Gasteiger partial charge in [0.15, 0.2) is 0 Å². The van der Waals surface area contributed by atoms with Crippen molar-refractivity contribution in [1.82, 2.24) is 0 Å². The van der Waals surface area contributed by atoms with Crippen LogP contribution >= 0.6 is 0 Å². The van der Waals surface area contributed by atoms with Gasteiger partial charge in [-0.15, -0.1) is 0 Å². The van der Waals surface area contributed by atoms with E-state index in [-0.39, 0.29) is 0 Å². The van der Waals surface area contributed by atoms with Crippen LogP contribution in [-0.4, -0.2) is 5.90 Å².